The van der Waals surface area contributed by atoms with Crippen molar-refractivity contribution in [1.82, 2.24) is 14.8 Å². The Morgan fingerprint density at radius 2 is 1.93 bits per heavy atom. The molecule has 0 N–H and O–H groups in total. The van der Waals surface area contributed by atoms with Crippen molar-refractivity contribution in [3.8, 4) is 0 Å². The fraction of sp³-hybridized carbons (Fsp3) is 0.300. The van der Waals surface area contributed by atoms with Crippen LogP contribution in [0, 0.1) is 0 Å². The van der Waals surface area contributed by atoms with E-state index in [0.29, 0.717) is 28.0 Å². The number of esters is 1. The lowest BCUT2D eigenvalue weighted by atomic mass is 10.1. The van der Waals surface area contributed by atoms with Crippen LogP contribution in [0.3, 0.4) is 0 Å². The minimum absolute atomic E-state index is 0.0496. The largest absolute Gasteiger partial charge is 0.456 e. The molecule has 0 aliphatic carbocycles. The van der Waals surface area contributed by atoms with E-state index < -0.39 is 5.97 Å². The number of rotatable bonds is 7. The van der Waals surface area contributed by atoms with Crippen LogP contribution in [-0.4, -0.2) is 20.7 Å². The summed E-state index contributed by atoms with van der Waals surface area (Å²) < 4.78 is 6.74. The standard InChI is InChI=1S/C20H20ClN3O3/c1-2-3-6-11-24-19(25)16-8-5-4-7-15(16)18(23-24)20(26)27-13-14-9-10-17(21)22-12-14/h4-5,7-10,12H,2-3,6,11,13H2,1H3. The van der Waals surface area contributed by atoms with Crippen LogP contribution >= 0.6 is 11.6 Å². The predicted molar refractivity (Wildman–Crippen MR) is 104 cm³/mol. The highest BCUT2D eigenvalue weighted by Gasteiger charge is 2.18. The maximum atomic E-state index is 12.6. The number of hydrogen-bond acceptors (Lipinski definition) is 5. The summed E-state index contributed by atoms with van der Waals surface area (Å²) in [6, 6.07) is 10.3. The fourth-order valence-electron chi connectivity index (χ4n) is 2.76. The second-order valence-corrected chi connectivity index (χ2v) is 6.58. The molecule has 0 fully saturated rings. The van der Waals surface area contributed by atoms with Crippen molar-refractivity contribution in [3.05, 3.63) is 69.4 Å². The van der Waals surface area contributed by atoms with Gasteiger partial charge in [0.05, 0.1) is 5.39 Å². The van der Waals surface area contributed by atoms with Gasteiger partial charge in [0, 0.05) is 23.7 Å². The van der Waals surface area contributed by atoms with E-state index in [0.717, 1.165) is 19.3 Å². The van der Waals surface area contributed by atoms with Gasteiger partial charge in [-0.05, 0) is 18.6 Å². The van der Waals surface area contributed by atoms with Crippen LogP contribution < -0.4 is 5.56 Å². The summed E-state index contributed by atoms with van der Waals surface area (Å²) in [5.41, 5.74) is 0.664. The minimum atomic E-state index is -0.578. The number of nitrogens with zero attached hydrogens (tertiary/aromatic N) is 3. The van der Waals surface area contributed by atoms with E-state index in [1.54, 1.807) is 42.6 Å². The van der Waals surface area contributed by atoms with Gasteiger partial charge < -0.3 is 4.74 Å². The van der Waals surface area contributed by atoms with Gasteiger partial charge in [0.1, 0.15) is 11.8 Å². The molecule has 0 aliphatic rings. The topological polar surface area (TPSA) is 74.1 Å². The second-order valence-electron chi connectivity index (χ2n) is 6.19. The smallest absolute Gasteiger partial charge is 0.359 e. The van der Waals surface area contributed by atoms with Crippen molar-refractivity contribution in [2.24, 2.45) is 0 Å². The van der Waals surface area contributed by atoms with E-state index in [9.17, 15) is 9.59 Å². The molecule has 0 aliphatic heterocycles. The summed E-state index contributed by atoms with van der Waals surface area (Å²) in [5.74, 6) is -0.578. The number of carbonyl (C=O) groups is 1. The normalized spacial score (nSPS) is 10.9. The van der Waals surface area contributed by atoms with Gasteiger partial charge in [0.15, 0.2) is 5.69 Å². The zero-order valence-corrected chi connectivity index (χ0v) is 15.8. The van der Waals surface area contributed by atoms with E-state index >= 15 is 0 Å². The minimum Gasteiger partial charge on any atom is -0.456 e. The molecular formula is C20H20ClN3O3. The van der Waals surface area contributed by atoms with Crippen LogP contribution in [0.5, 0.6) is 0 Å². The molecule has 0 saturated carbocycles. The molecule has 0 radical (unpaired) electrons. The molecule has 0 unspecified atom stereocenters. The van der Waals surface area contributed by atoms with E-state index in [1.165, 1.54) is 4.68 Å². The number of benzene rings is 1. The Hall–Kier alpha value is -2.73. The lowest BCUT2D eigenvalue weighted by Gasteiger charge is -2.11. The zero-order chi connectivity index (χ0) is 19.2. The molecule has 2 aromatic heterocycles. The number of hydrogen-bond donors (Lipinski definition) is 0. The number of ether oxygens (including phenoxy) is 1. The van der Waals surface area contributed by atoms with E-state index in [1.807, 2.05) is 0 Å². The number of carbonyl (C=O) groups excluding carboxylic acids is 1. The monoisotopic (exact) mass is 385 g/mol. The Morgan fingerprint density at radius 1 is 1.15 bits per heavy atom. The number of fused-ring (bicyclic) bond motifs is 1. The summed E-state index contributed by atoms with van der Waals surface area (Å²) in [6.07, 6.45) is 4.40. The maximum absolute atomic E-state index is 12.6. The number of aryl methyl sites for hydroxylation is 1. The van der Waals surface area contributed by atoms with Gasteiger partial charge in [-0.15, -0.1) is 0 Å². The molecule has 0 saturated heterocycles. The quantitative estimate of drug-likeness (QED) is 0.349. The van der Waals surface area contributed by atoms with Crippen molar-refractivity contribution in [2.75, 3.05) is 0 Å². The molecule has 0 spiro atoms. The average Bonchev–Trinajstić information content (AvgIpc) is 2.69. The number of unbranched alkanes of at least 4 members (excludes halogenated alkanes) is 2. The summed E-state index contributed by atoms with van der Waals surface area (Å²) in [7, 11) is 0. The maximum Gasteiger partial charge on any atom is 0.359 e. The predicted octanol–water partition coefficient (Wildman–Crippen LogP) is 3.99. The number of aromatic nitrogens is 3. The fourth-order valence-corrected chi connectivity index (χ4v) is 2.87. The summed E-state index contributed by atoms with van der Waals surface area (Å²) in [4.78, 5) is 29.2. The number of halogens is 1. The molecule has 3 rings (SSSR count). The average molecular weight is 386 g/mol. The van der Waals surface area contributed by atoms with Crippen LogP contribution in [0.1, 0.15) is 42.2 Å². The molecular weight excluding hydrogens is 366 g/mol. The van der Waals surface area contributed by atoms with Crippen molar-refractivity contribution >= 4 is 28.3 Å². The summed E-state index contributed by atoms with van der Waals surface area (Å²) >= 11 is 5.76. The summed E-state index contributed by atoms with van der Waals surface area (Å²) in [6.45, 7) is 2.61. The highest BCUT2D eigenvalue weighted by Crippen LogP contribution is 2.16. The van der Waals surface area contributed by atoms with Gasteiger partial charge in [-0.2, -0.15) is 5.10 Å². The molecule has 1 aromatic carbocycles. The molecule has 0 amide bonds. The Labute approximate surface area is 161 Å². The van der Waals surface area contributed by atoms with Crippen LogP contribution in [0.4, 0.5) is 0 Å². The van der Waals surface area contributed by atoms with Crippen molar-refractivity contribution in [2.45, 2.75) is 39.3 Å². The lowest BCUT2D eigenvalue weighted by molar-refractivity contribution is 0.0465. The molecule has 27 heavy (non-hydrogen) atoms. The van der Waals surface area contributed by atoms with E-state index in [2.05, 4.69) is 17.0 Å². The van der Waals surface area contributed by atoms with E-state index in [4.69, 9.17) is 16.3 Å². The first-order valence-corrected chi connectivity index (χ1v) is 9.25. The lowest BCUT2D eigenvalue weighted by Crippen LogP contribution is -2.26. The Balaban J connectivity index is 1.89. The Bertz CT molecular complexity index is 1000. The molecule has 0 bridgehead atoms. The molecule has 3 aromatic rings. The van der Waals surface area contributed by atoms with E-state index in [-0.39, 0.29) is 17.9 Å². The van der Waals surface area contributed by atoms with Crippen LogP contribution in [0.2, 0.25) is 5.15 Å². The number of pyridine rings is 1. The first-order chi connectivity index (χ1) is 13.1. The second kappa shape index (κ2) is 8.77. The molecule has 2 heterocycles. The van der Waals surface area contributed by atoms with Crippen LogP contribution in [0.25, 0.3) is 10.8 Å². The third-order valence-corrected chi connectivity index (χ3v) is 4.42. The van der Waals surface area contributed by atoms with Crippen LogP contribution in [-0.2, 0) is 17.9 Å². The van der Waals surface area contributed by atoms with Gasteiger partial charge in [-0.25, -0.2) is 14.5 Å². The van der Waals surface area contributed by atoms with Crippen LogP contribution in [0.15, 0.2) is 47.4 Å². The van der Waals surface area contributed by atoms with Crippen molar-refractivity contribution in [1.29, 1.82) is 0 Å². The zero-order valence-electron chi connectivity index (χ0n) is 15.0. The summed E-state index contributed by atoms with van der Waals surface area (Å²) in [5, 5.41) is 5.62. The molecule has 140 valence electrons. The van der Waals surface area contributed by atoms with Crippen molar-refractivity contribution < 1.29 is 9.53 Å². The van der Waals surface area contributed by atoms with Crippen molar-refractivity contribution in [3.63, 3.8) is 0 Å². The first-order valence-electron chi connectivity index (χ1n) is 8.87. The van der Waals surface area contributed by atoms with Gasteiger partial charge in [-0.3, -0.25) is 4.79 Å². The van der Waals surface area contributed by atoms with Gasteiger partial charge in [0.25, 0.3) is 5.56 Å². The van der Waals surface area contributed by atoms with Gasteiger partial charge in [0.2, 0.25) is 0 Å². The third kappa shape index (κ3) is 4.52. The first kappa shape index (κ1) is 19.0. The SMILES string of the molecule is CCCCCn1nc(C(=O)OCc2ccc(Cl)nc2)c2ccccc2c1=O. The Kier molecular flexibility index (Phi) is 6.19. The highest BCUT2D eigenvalue weighted by molar-refractivity contribution is 6.29. The van der Waals surface area contributed by atoms with Gasteiger partial charge >= 0.3 is 5.97 Å². The highest BCUT2D eigenvalue weighted by atomic mass is 35.5. The molecule has 0 atom stereocenters. The van der Waals surface area contributed by atoms with Gasteiger partial charge in [-0.1, -0.05) is 55.6 Å². The molecule has 6 nitrogen and oxygen atoms in total. The Morgan fingerprint density at radius 3 is 2.63 bits per heavy atom. The molecule has 7 heteroatoms. The third-order valence-electron chi connectivity index (χ3n) is 4.19.